The van der Waals surface area contributed by atoms with E-state index < -0.39 is 0 Å². The lowest BCUT2D eigenvalue weighted by atomic mass is 10.2. The van der Waals surface area contributed by atoms with Crippen molar-refractivity contribution in [1.29, 1.82) is 0 Å². The van der Waals surface area contributed by atoms with Gasteiger partial charge in [-0.1, -0.05) is 30.3 Å². The minimum atomic E-state index is -0.113. The number of aromatic nitrogens is 3. The third kappa shape index (κ3) is 3.59. The van der Waals surface area contributed by atoms with Gasteiger partial charge in [0.2, 0.25) is 0 Å². The number of hydrogen-bond donors (Lipinski definition) is 1. The Labute approximate surface area is 132 Å². The van der Waals surface area contributed by atoms with Crippen LogP contribution in [0.1, 0.15) is 16.2 Å². The molecule has 0 aliphatic rings. The molecule has 0 aliphatic heterocycles. The van der Waals surface area contributed by atoms with Crippen LogP contribution in [0.15, 0.2) is 54.4 Å². The maximum absolute atomic E-state index is 12.1. The van der Waals surface area contributed by atoms with Gasteiger partial charge in [-0.3, -0.25) is 4.79 Å². The first kappa shape index (κ1) is 14.5. The van der Waals surface area contributed by atoms with Crippen molar-refractivity contribution in [2.75, 3.05) is 6.54 Å². The Morgan fingerprint density at radius 3 is 2.91 bits per heavy atom. The molecular weight excluding hydrogens is 296 g/mol. The minimum Gasteiger partial charge on any atom is -0.350 e. The number of imidazole rings is 1. The van der Waals surface area contributed by atoms with Crippen LogP contribution in [-0.4, -0.2) is 27.0 Å². The zero-order valence-corrected chi connectivity index (χ0v) is 12.8. The van der Waals surface area contributed by atoms with Crippen LogP contribution >= 0.6 is 11.3 Å². The Balaban J connectivity index is 1.51. The summed E-state index contributed by atoms with van der Waals surface area (Å²) in [6.07, 6.45) is 6.29. The number of rotatable bonds is 6. The Bertz CT molecular complexity index is 722. The normalized spacial score (nSPS) is 10.5. The van der Waals surface area contributed by atoms with E-state index >= 15 is 0 Å². The highest BCUT2D eigenvalue weighted by molar-refractivity contribution is 7.12. The van der Waals surface area contributed by atoms with E-state index in [0.717, 1.165) is 24.2 Å². The first-order valence-electron chi connectivity index (χ1n) is 7.08. The van der Waals surface area contributed by atoms with Crippen molar-refractivity contribution in [3.63, 3.8) is 0 Å². The summed E-state index contributed by atoms with van der Waals surface area (Å²) in [7, 11) is 0. The number of amides is 1. The van der Waals surface area contributed by atoms with Gasteiger partial charge in [-0.2, -0.15) is 0 Å². The second-order valence-corrected chi connectivity index (χ2v) is 5.67. The van der Waals surface area contributed by atoms with Gasteiger partial charge in [-0.05, 0) is 6.42 Å². The van der Waals surface area contributed by atoms with Crippen molar-refractivity contribution in [2.45, 2.75) is 13.0 Å². The zero-order chi connectivity index (χ0) is 15.2. The predicted octanol–water partition coefficient (Wildman–Crippen LogP) is 2.83. The van der Waals surface area contributed by atoms with Gasteiger partial charge >= 0.3 is 0 Å². The molecule has 22 heavy (non-hydrogen) atoms. The lowest BCUT2D eigenvalue weighted by Gasteiger charge is -2.03. The molecule has 0 bridgehead atoms. The highest BCUT2D eigenvalue weighted by Gasteiger charge is 2.11. The van der Waals surface area contributed by atoms with Crippen LogP contribution in [0.2, 0.25) is 0 Å². The molecule has 3 aromatic rings. The van der Waals surface area contributed by atoms with Crippen LogP contribution in [0.5, 0.6) is 0 Å². The fraction of sp³-hybridized carbons (Fsp3) is 0.188. The van der Waals surface area contributed by atoms with E-state index in [1.807, 2.05) is 46.5 Å². The number of carbonyl (C=O) groups excluding carboxylic acids is 1. The quantitative estimate of drug-likeness (QED) is 0.712. The molecule has 6 heteroatoms. The van der Waals surface area contributed by atoms with Crippen molar-refractivity contribution in [3.05, 3.63) is 59.4 Å². The smallest absolute Gasteiger partial charge is 0.280 e. The Hall–Kier alpha value is -2.47. The van der Waals surface area contributed by atoms with Crippen molar-refractivity contribution in [3.8, 4) is 11.3 Å². The third-order valence-corrected chi connectivity index (χ3v) is 4.05. The Kier molecular flexibility index (Phi) is 4.60. The van der Waals surface area contributed by atoms with E-state index in [1.165, 1.54) is 11.3 Å². The van der Waals surface area contributed by atoms with Crippen molar-refractivity contribution < 1.29 is 4.79 Å². The number of benzene rings is 1. The molecule has 0 saturated heterocycles. The summed E-state index contributed by atoms with van der Waals surface area (Å²) in [6.45, 7) is 1.46. The van der Waals surface area contributed by atoms with E-state index in [0.29, 0.717) is 11.6 Å². The highest BCUT2D eigenvalue weighted by Crippen LogP contribution is 2.21. The maximum Gasteiger partial charge on any atom is 0.280 e. The molecule has 0 radical (unpaired) electrons. The molecule has 1 aromatic carbocycles. The number of aryl methyl sites for hydroxylation is 1. The third-order valence-electron chi connectivity index (χ3n) is 3.21. The van der Waals surface area contributed by atoms with E-state index in [9.17, 15) is 4.79 Å². The average Bonchev–Trinajstić information content (AvgIpc) is 3.24. The van der Waals surface area contributed by atoms with Gasteiger partial charge in [0, 0.05) is 36.4 Å². The Morgan fingerprint density at radius 2 is 2.14 bits per heavy atom. The van der Waals surface area contributed by atoms with Crippen LogP contribution in [0.3, 0.4) is 0 Å². The Morgan fingerprint density at radius 1 is 1.27 bits per heavy atom. The summed E-state index contributed by atoms with van der Waals surface area (Å²) in [4.78, 5) is 20.5. The maximum atomic E-state index is 12.1. The van der Waals surface area contributed by atoms with Crippen LogP contribution in [0, 0.1) is 0 Å². The zero-order valence-electron chi connectivity index (χ0n) is 12.0. The fourth-order valence-electron chi connectivity index (χ4n) is 2.08. The van der Waals surface area contributed by atoms with Crippen LogP contribution < -0.4 is 5.32 Å². The molecule has 3 rings (SSSR count). The molecule has 5 nitrogen and oxygen atoms in total. The summed E-state index contributed by atoms with van der Waals surface area (Å²) >= 11 is 1.37. The van der Waals surface area contributed by atoms with Gasteiger partial charge in [0.05, 0.1) is 12.0 Å². The van der Waals surface area contributed by atoms with Gasteiger partial charge in [-0.25, -0.2) is 9.97 Å². The van der Waals surface area contributed by atoms with E-state index in [2.05, 4.69) is 15.3 Å². The van der Waals surface area contributed by atoms with E-state index in [-0.39, 0.29) is 5.91 Å². The van der Waals surface area contributed by atoms with Crippen molar-refractivity contribution in [2.24, 2.45) is 0 Å². The summed E-state index contributed by atoms with van der Waals surface area (Å²) in [6, 6.07) is 9.86. The standard InChI is InChI=1S/C16H16N4OS/c21-15(18-7-4-9-20-10-8-17-12-20)16-19-14(11-22-16)13-5-2-1-3-6-13/h1-3,5-6,8,10-12H,4,7,9H2,(H,18,21). The first-order chi connectivity index (χ1) is 10.8. The number of carbonyl (C=O) groups is 1. The molecule has 0 aliphatic carbocycles. The molecule has 0 atom stereocenters. The van der Waals surface area contributed by atoms with Crippen LogP contribution in [0.4, 0.5) is 0 Å². The molecule has 1 amide bonds. The molecule has 0 saturated carbocycles. The van der Waals surface area contributed by atoms with Gasteiger partial charge in [0.15, 0.2) is 5.01 Å². The van der Waals surface area contributed by atoms with E-state index in [4.69, 9.17) is 0 Å². The van der Waals surface area contributed by atoms with Crippen LogP contribution in [-0.2, 0) is 6.54 Å². The topological polar surface area (TPSA) is 59.8 Å². The highest BCUT2D eigenvalue weighted by atomic mass is 32.1. The second kappa shape index (κ2) is 7.00. The number of hydrogen-bond acceptors (Lipinski definition) is 4. The number of nitrogens with one attached hydrogen (secondary N) is 1. The van der Waals surface area contributed by atoms with Crippen molar-refractivity contribution >= 4 is 17.2 Å². The van der Waals surface area contributed by atoms with E-state index in [1.54, 1.807) is 12.5 Å². The summed E-state index contributed by atoms with van der Waals surface area (Å²) in [5.74, 6) is -0.113. The van der Waals surface area contributed by atoms with Crippen LogP contribution in [0.25, 0.3) is 11.3 Å². The molecule has 0 unspecified atom stereocenters. The fourth-order valence-corrected chi connectivity index (χ4v) is 2.82. The largest absolute Gasteiger partial charge is 0.350 e. The second-order valence-electron chi connectivity index (χ2n) is 4.81. The minimum absolute atomic E-state index is 0.113. The molecule has 0 spiro atoms. The monoisotopic (exact) mass is 312 g/mol. The first-order valence-corrected chi connectivity index (χ1v) is 7.96. The van der Waals surface area contributed by atoms with Crippen molar-refractivity contribution in [1.82, 2.24) is 19.9 Å². The summed E-state index contributed by atoms with van der Waals surface area (Å²) in [5.41, 5.74) is 1.87. The SMILES string of the molecule is O=C(NCCCn1ccnc1)c1nc(-c2ccccc2)cs1. The van der Waals surface area contributed by atoms with Gasteiger partial charge in [0.25, 0.3) is 5.91 Å². The van der Waals surface area contributed by atoms with Gasteiger partial charge in [0.1, 0.15) is 0 Å². The number of nitrogens with zero attached hydrogens (tertiary/aromatic N) is 3. The summed E-state index contributed by atoms with van der Waals surface area (Å²) in [5, 5.41) is 5.32. The van der Waals surface area contributed by atoms with Gasteiger partial charge in [-0.15, -0.1) is 11.3 Å². The predicted molar refractivity (Wildman–Crippen MR) is 86.7 cm³/mol. The summed E-state index contributed by atoms with van der Waals surface area (Å²) < 4.78 is 1.99. The molecule has 0 fully saturated rings. The molecular formula is C16H16N4OS. The number of thiazole rings is 1. The lowest BCUT2D eigenvalue weighted by Crippen LogP contribution is -2.25. The lowest BCUT2D eigenvalue weighted by molar-refractivity contribution is 0.0952. The average molecular weight is 312 g/mol. The molecule has 112 valence electrons. The molecule has 1 N–H and O–H groups in total. The molecule has 2 heterocycles. The molecule has 2 aromatic heterocycles. The van der Waals surface area contributed by atoms with Gasteiger partial charge < -0.3 is 9.88 Å².